The number of nitrogens with one attached hydrogen (secondary N) is 1. The van der Waals surface area contributed by atoms with Gasteiger partial charge in [0.1, 0.15) is 0 Å². The molecule has 1 heterocycles. The van der Waals surface area contributed by atoms with Gasteiger partial charge >= 0.3 is 0 Å². The smallest absolute Gasteiger partial charge is 0.0167 e. The summed E-state index contributed by atoms with van der Waals surface area (Å²) in [5.74, 6) is 0.935. The Bertz CT molecular complexity index is 169. The van der Waals surface area contributed by atoms with Crippen molar-refractivity contribution < 1.29 is 0 Å². The molecule has 13 heavy (non-hydrogen) atoms. The number of rotatable bonds is 1. The lowest BCUT2D eigenvalue weighted by molar-refractivity contribution is 0.126. The van der Waals surface area contributed by atoms with Gasteiger partial charge in [0.25, 0.3) is 0 Å². The third-order valence-corrected chi connectivity index (χ3v) is 3.69. The number of piperazine rings is 1. The summed E-state index contributed by atoms with van der Waals surface area (Å²) in [6.07, 6.45) is 4.33. The number of nitrogens with zero attached hydrogens (tertiary/aromatic N) is 1. The fourth-order valence-electron chi connectivity index (χ4n) is 2.93. The van der Waals surface area contributed by atoms with Crippen molar-refractivity contribution in [3.63, 3.8) is 0 Å². The molecule has 2 unspecified atom stereocenters. The highest BCUT2D eigenvalue weighted by molar-refractivity contribution is 4.87. The van der Waals surface area contributed by atoms with Crippen LogP contribution in [-0.2, 0) is 0 Å². The van der Waals surface area contributed by atoms with E-state index in [1.807, 2.05) is 0 Å². The predicted molar refractivity (Wildman–Crippen MR) is 55.8 cm³/mol. The minimum absolute atomic E-state index is 0.696. The van der Waals surface area contributed by atoms with Crippen LogP contribution in [0.1, 0.15) is 33.1 Å². The van der Waals surface area contributed by atoms with E-state index in [9.17, 15) is 0 Å². The van der Waals surface area contributed by atoms with Gasteiger partial charge in [-0.3, -0.25) is 4.90 Å². The van der Waals surface area contributed by atoms with Gasteiger partial charge in [0.05, 0.1) is 0 Å². The van der Waals surface area contributed by atoms with E-state index in [-0.39, 0.29) is 0 Å². The first-order valence-corrected chi connectivity index (χ1v) is 5.75. The lowest BCUT2D eigenvalue weighted by atomic mass is 10.0. The Labute approximate surface area is 81.7 Å². The number of hydrogen-bond acceptors (Lipinski definition) is 2. The molecule has 2 heteroatoms. The van der Waals surface area contributed by atoms with Gasteiger partial charge in [-0.05, 0) is 25.7 Å². The van der Waals surface area contributed by atoms with Crippen LogP contribution in [0, 0.1) is 5.92 Å². The van der Waals surface area contributed by atoms with Crippen LogP contribution in [0.5, 0.6) is 0 Å². The standard InChI is InChI=1S/C11H22N2/c1-9-4-3-5-11(9)13-7-6-12-10(2)8-13/h9-12H,3-8H2,1-2H3/t9?,10-,11?/m1/s1. The molecule has 1 saturated carbocycles. The molecular formula is C11H22N2. The van der Waals surface area contributed by atoms with E-state index >= 15 is 0 Å². The predicted octanol–water partition coefficient (Wildman–Crippen LogP) is 1.47. The Hall–Kier alpha value is -0.0800. The van der Waals surface area contributed by atoms with Crippen LogP contribution in [0.2, 0.25) is 0 Å². The zero-order chi connectivity index (χ0) is 9.26. The van der Waals surface area contributed by atoms with Crippen molar-refractivity contribution in [3.8, 4) is 0 Å². The molecule has 2 rings (SSSR count). The summed E-state index contributed by atoms with van der Waals surface area (Å²) in [6.45, 7) is 8.43. The average Bonchev–Trinajstić information content (AvgIpc) is 2.51. The van der Waals surface area contributed by atoms with Crippen LogP contribution >= 0.6 is 0 Å². The van der Waals surface area contributed by atoms with Crippen molar-refractivity contribution in [1.82, 2.24) is 10.2 Å². The fourth-order valence-corrected chi connectivity index (χ4v) is 2.93. The Morgan fingerprint density at radius 3 is 2.69 bits per heavy atom. The average molecular weight is 182 g/mol. The van der Waals surface area contributed by atoms with Gasteiger partial charge in [-0.25, -0.2) is 0 Å². The molecule has 0 spiro atoms. The van der Waals surface area contributed by atoms with Crippen molar-refractivity contribution in [2.45, 2.75) is 45.2 Å². The van der Waals surface area contributed by atoms with E-state index in [4.69, 9.17) is 0 Å². The maximum Gasteiger partial charge on any atom is 0.0167 e. The molecule has 1 aliphatic heterocycles. The molecule has 0 radical (unpaired) electrons. The topological polar surface area (TPSA) is 15.3 Å². The molecule has 76 valence electrons. The lowest BCUT2D eigenvalue weighted by Gasteiger charge is -2.38. The van der Waals surface area contributed by atoms with E-state index in [2.05, 4.69) is 24.1 Å². The first-order chi connectivity index (χ1) is 6.27. The molecule has 2 fully saturated rings. The van der Waals surface area contributed by atoms with Gasteiger partial charge in [0.2, 0.25) is 0 Å². The van der Waals surface area contributed by atoms with Gasteiger partial charge in [-0.1, -0.05) is 13.3 Å². The SMILES string of the molecule is CC1CCCC1N1CCN[C@H](C)C1. The summed E-state index contributed by atoms with van der Waals surface area (Å²) < 4.78 is 0. The van der Waals surface area contributed by atoms with E-state index in [0.29, 0.717) is 6.04 Å². The zero-order valence-electron chi connectivity index (χ0n) is 8.92. The second-order valence-electron chi connectivity index (χ2n) is 4.83. The Balaban J connectivity index is 1.91. The van der Waals surface area contributed by atoms with Gasteiger partial charge in [-0.2, -0.15) is 0 Å². The fraction of sp³-hybridized carbons (Fsp3) is 1.00. The molecule has 3 atom stereocenters. The van der Waals surface area contributed by atoms with Gasteiger partial charge in [-0.15, -0.1) is 0 Å². The second kappa shape index (κ2) is 3.97. The van der Waals surface area contributed by atoms with E-state index in [1.54, 1.807) is 0 Å². The Morgan fingerprint density at radius 2 is 2.08 bits per heavy atom. The minimum atomic E-state index is 0.696. The minimum Gasteiger partial charge on any atom is -0.312 e. The maximum absolute atomic E-state index is 3.51. The molecule has 2 nitrogen and oxygen atoms in total. The van der Waals surface area contributed by atoms with Crippen molar-refractivity contribution in [2.24, 2.45) is 5.92 Å². The van der Waals surface area contributed by atoms with E-state index in [0.717, 1.165) is 12.0 Å². The Kier molecular flexibility index (Phi) is 2.89. The lowest BCUT2D eigenvalue weighted by Crippen LogP contribution is -2.53. The number of hydrogen-bond donors (Lipinski definition) is 1. The summed E-state index contributed by atoms with van der Waals surface area (Å²) in [5, 5.41) is 3.51. The van der Waals surface area contributed by atoms with Crippen LogP contribution in [0.3, 0.4) is 0 Å². The Morgan fingerprint density at radius 1 is 1.23 bits per heavy atom. The van der Waals surface area contributed by atoms with Crippen molar-refractivity contribution in [2.75, 3.05) is 19.6 Å². The van der Waals surface area contributed by atoms with E-state index in [1.165, 1.54) is 38.9 Å². The molecule has 0 bridgehead atoms. The van der Waals surface area contributed by atoms with Crippen LogP contribution in [0.15, 0.2) is 0 Å². The van der Waals surface area contributed by atoms with Gasteiger partial charge < -0.3 is 5.32 Å². The van der Waals surface area contributed by atoms with Crippen LogP contribution in [0.4, 0.5) is 0 Å². The molecule has 0 amide bonds. The summed E-state index contributed by atoms with van der Waals surface area (Å²) in [4.78, 5) is 2.71. The summed E-state index contributed by atoms with van der Waals surface area (Å²) >= 11 is 0. The van der Waals surface area contributed by atoms with Crippen LogP contribution in [-0.4, -0.2) is 36.6 Å². The first kappa shape index (κ1) is 9.47. The highest BCUT2D eigenvalue weighted by Gasteiger charge is 2.30. The summed E-state index contributed by atoms with van der Waals surface area (Å²) in [7, 11) is 0. The molecule has 1 saturated heterocycles. The summed E-state index contributed by atoms with van der Waals surface area (Å²) in [6, 6.07) is 1.59. The highest BCUT2D eigenvalue weighted by Crippen LogP contribution is 2.29. The first-order valence-electron chi connectivity index (χ1n) is 5.75. The maximum atomic E-state index is 3.51. The van der Waals surface area contributed by atoms with Gasteiger partial charge in [0.15, 0.2) is 0 Å². The quantitative estimate of drug-likeness (QED) is 0.660. The largest absolute Gasteiger partial charge is 0.312 e. The molecule has 2 aliphatic rings. The van der Waals surface area contributed by atoms with Crippen molar-refractivity contribution in [1.29, 1.82) is 0 Å². The normalized spacial score (nSPS) is 42.5. The zero-order valence-corrected chi connectivity index (χ0v) is 8.92. The highest BCUT2D eigenvalue weighted by atomic mass is 15.2. The van der Waals surface area contributed by atoms with Crippen molar-refractivity contribution in [3.05, 3.63) is 0 Å². The molecule has 0 aromatic rings. The second-order valence-corrected chi connectivity index (χ2v) is 4.83. The monoisotopic (exact) mass is 182 g/mol. The van der Waals surface area contributed by atoms with Crippen LogP contribution < -0.4 is 5.32 Å². The molecule has 1 N–H and O–H groups in total. The molecule has 0 aromatic carbocycles. The third-order valence-electron chi connectivity index (χ3n) is 3.69. The third kappa shape index (κ3) is 2.05. The van der Waals surface area contributed by atoms with Crippen LogP contribution in [0.25, 0.3) is 0 Å². The van der Waals surface area contributed by atoms with Crippen molar-refractivity contribution >= 4 is 0 Å². The van der Waals surface area contributed by atoms with Gasteiger partial charge in [0, 0.05) is 31.7 Å². The summed E-state index contributed by atoms with van der Waals surface area (Å²) in [5.41, 5.74) is 0. The molecule has 0 aromatic heterocycles. The molecular weight excluding hydrogens is 160 g/mol. The van der Waals surface area contributed by atoms with E-state index < -0.39 is 0 Å². The molecule has 1 aliphatic carbocycles.